The van der Waals surface area contributed by atoms with Crippen LogP contribution in [0.15, 0.2) is 16.9 Å². The number of hydrogen-bond acceptors (Lipinski definition) is 13. The minimum absolute atomic E-state index is 0.0366. The monoisotopic (exact) mass is 545 g/mol. The molecule has 0 aliphatic carbocycles. The fourth-order valence-electron chi connectivity index (χ4n) is 2.84. The first-order chi connectivity index (χ1) is 16.6. The van der Waals surface area contributed by atoms with E-state index >= 15 is 0 Å². The number of aliphatic carboxylic acids is 1. The topological polar surface area (TPSA) is 275 Å². The first-order valence-electron chi connectivity index (χ1n) is 9.63. The number of hydrogen-bond donors (Lipinski definition) is 5. The maximum atomic E-state index is 13.0. The molecule has 36 heavy (non-hydrogen) atoms. The Balaban J connectivity index is 1.90. The Morgan fingerprint density at radius 1 is 1.36 bits per heavy atom. The highest BCUT2D eigenvalue weighted by Gasteiger charge is 2.54. The molecule has 0 spiro atoms. The van der Waals surface area contributed by atoms with Crippen LogP contribution in [0.3, 0.4) is 0 Å². The van der Waals surface area contributed by atoms with Gasteiger partial charge >= 0.3 is 16.3 Å². The van der Waals surface area contributed by atoms with Gasteiger partial charge in [-0.1, -0.05) is 5.16 Å². The minimum Gasteiger partial charge on any atom is -0.478 e. The molecule has 194 valence electrons. The number of rotatable bonds is 10. The Hall–Kier alpha value is -4.17. The number of thiazole rings is 1. The van der Waals surface area contributed by atoms with Gasteiger partial charge in [-0.3, -0.25) is 18.9 Å². The van der Waals surface area contributed by atoms with Gasteiger partial charge in [-0.15, -0.1) is 16.4 Å². The number of primary amides is 1. The van der Waals surface area contributed by atoms with E-state index in [1.54, 1.807) is 0 Å². The zero-order valence-electron chi connectivity index (χ0n) is 18.4. The number of β-lactam (4-membered cyclic amide) rings is 1. The maximum Gasteiger partial charge on any atom is 0.362 e. The van der Waals surface area contributed by atoms with Crippen molar-refractivity contribution < 1.29 is 42.1 Å². The summed E-state index contributed by atoms with van der Waals surface area (Å²) in [5.41, 5.74) is 8.13. The summed E-state index contributed by atoms with van der Waals surface area (Å²) in [7, 11) is -5.04. The maximum absolute atomic E-state index is 13.0. The highest BCUT2D eigenvalue weighted by Crippen LogP contribution is 2.25. The van der Waals surface area contributed by atoms with Gasteiger partial charge in [0.05, 0.1) is 12.6 Å². The third-order valence-electron chi connectivity index (χ3n) is 4.70. The fourth-order valence-corrected chi connectivity index (χ4v) is 4.26. The molecule has 3 amide bonds. The van der Waals surface area contributed by atoms with Crippen LogP contribution in [-0.4, -0.2) is 89.2 Å². The lowest BCUT2D eigenvalue weighted by Gasteiger charge is -2.43. The van der Waals surface area contributed by atoms with E-state index in [-0.39, 0.29) is 15.1 Å². The van der Waals surface area contributed by atoms with Crippen LogP contribution in [0.25, 0.3) is 0 Å². The van der Waals surface area contributed by atoms with Crippen molar-refractivity contribution in [3.8, 4) is 0 Å². The van der Waals surface area contributed by atoms with Crippen LogP contribution in [-0.2, 0) is 36.1 Å². The lowest BCUT2D eigenvalue weighted by Crippen LogP contribution is -2.73. The highest BCUT2D eigenvalue weighted by molar-refractivity contribution is 7.84. The molecule has 18 nitrogen and oxygen atoms in total. The number of nitrogens with zero attached hydrogens (tertiary/aromatic N) is 6. The highest BCUT2D eigenvalue weighted by atomic mass is 32.2. The van der Waals surface area contributed by atoms with E-state index in [4.69, 9.17) is 16.3 Å². The summed E-state index contributed by atoms with van der Waals surface area (Å²) >= 11 is 0.930. The van der Waals surface area contributed by atoms with Gasteiger partial charge in [0.2, 0.25) is 11.4 Å². The van der Waals surface area contributed by atoms with Crippen molar-refractivity contribution in [2.75, 3.05) is 5.73 Å². The summed E-state index contributed by atoms with van der Waals surface area (Å²) in [4.78, 5) is 60.5. The number of carbonyl (C=O) groups excluding carboxylic acids is 3. The number of nitrogens with two attached hydrogens (primary N) is 2. The second-order valence-corrected chi connectivity index (χ2v) is 9.88. The van der Waals surface area contributed by atoms with Crippen molar-refractivity contribution in [3.05, 3.63) is 23.2 Å². The Morgan fingerprint density at radius 3 is 2.53 bits per heavy atom. The average molecular weight is 546 g/mol. The Morgan fingerprint density at radius 2 is 2.03 bits per heavy atom. The first kappa shape index (κ1) is 26.4. The molecule has 1 aliphatic rings. The molecule has 0 saturated carbocycles. The summed E-state index contributed by atoms with van der Waals surface area (Å²) < 4.78 is 33.9. The van der Waals surface area contributed by atoms with Gasteiger partial charge in [0.25, 0.3) is 17.7 Å². The second-order valence-electron chi connectivity index (χ2n) is 7.70. The van der Waals surface area contributed by atoms with Crippen molar-refractivity contribution in [3.63, 3.8) is 0 Å². The zero-order valence-corrected chi connectivity index (χ0v) is 20.1. The summed E-state index contributed by atoms with van der Waals surface area (Å²) in [5, 5.41) is 20.1. The number of anilines is 1. The standard InChI is InChI=1S/C16H19N9O9S2/c1-16(2,14(29)30)34-23-8(6-4-35-15(18)20-6)12(27)21-9-7(25(13(9)28)36(31,32)33)3-24-5-19-11(22-24)10(17)26/h4-5,7,9H,3H2,1-2H3,(H2,17,26)(H2,18,20)(H,21,27)(H,29,30)(H,31,32,33)/b23-8-/t7-,9+/m1/s1. The SMILES string of the molecule is CC(C)(O/N=C(\C(=O)N[C@@H]1C(=O)N(S(=O)(=O)O)[C@@H]1Cn1cnc(C(N)=O)n1)c1csc(N)n1)C(=O)O. The molecule has 2 aromatic heterocycles. The van der Waals surface area contributed by atoms with E-state index in [0.29, 0.717) is 0 Å². The predicted octanol–water partition coefficient (Wildman–Crippen LogP) is -2.80. The smallest absolute Gasteiger partial charge is 0.362 e. The summed E-state index contributed by atoms with van der Waals surface area (Å²) in [6.45, 7) is 1.89. The lowest BCUT2D eigenvalue weighted by molar-refractivity contribution is -0.161. The number of carboxylic acids is 1. The predicted molar refractivity (Wildman–Crippen MR) is 119 cm³/mol. The molecule has 0 aromatic carbocycles. The van der Waals surface area contributed by atoms with Crippen molar-refractivity contribution in [2.45, 2.75) is 38.1 Å². The molecule has 3 heterocycles. The summed E-state index contributed by atoms with van der Waals surface area (Å²) in [6.07, 6.45) is 1.02. The quantitative estimate of drug-likeness (QED) is 0.0874. The van der Waals surface area contributed by atoms with E-state index < -0.39 is 69.8 Å². The number of carbonyl (C=O) groups is 4. The normalized spacial score (nSPS) is 18.5. The van der Waals surface area contributed by atoms with Gasteiger partial charge in [-0.25, -0.2) is 23.7 Å². The summed E-state index contributed by atoms with van der Waals surface area (Å²) in [6, 6.07) is -2.94. The molecule has 0 bridgehead atoms. The minimum atomic E-state index is -5.04. The molecule has 1 saturated heterocycles. The molecule has 20 heteroatoms. The van der Waals surface area contributed by atoms with Crippen molar-refractivity contribution >= 4 is 56.2 Å². The van der Waals surface area contributed by atoms with Crippen LogP contribution >= 0.6 is 11.3 Å². The van der Waals surface area contributed by atoms with E-state index in [2.05, 4.69) is 25.5 Å². The molecule has 0 unspecified atom stereocenters. The van der Waals surface area contributed by atoms with Crippen LogP contribution in [0.4, 0.5) is 5.13 Å². The Labute approximate surface area is 205 Å². The number of aromatic nitrogens is 4. The van der Waals surface area contributed by atoms with Crippen molar-refractivity contribution in [2.24, 2.45) is 10.9 Å². The van der Waals surface area contributed by atoms with Crippen LogP contribution < -0.4 is 16.8 Å². The molecule has 1 aliphatic heterocycles. The van der Waals surface area contributed by atoms with Gasteiger partial charge in [-0.05, 0) is 13.8 Å². The number of nitrogens with one attached hydrogen (secondary N) is 1. The molecule has 7 N–H and O–H groups in total. The van der Waals surface area contributed by atoms with E-state index in [1.165, 1.54) is 5.38 Å². The van der Waals surface area contributed by atoms with Crippen LogP contribution in [0.2, 0.25) is 0 Å². The lowest BCUT2D eigenvalue weighted by atomic mass is 9.98. The molecule has 2 aromatic rings. The summed E-state index contributed by atoms with van der Waals surface area (Å²) in [5.74, 6) is -5.06. The van der Waals surface area contributed by atoms with Gasteiger partial charge in [-0.2, -0.15) is 8.42 Å². The van der Waals surface area contributed by atoms with E-state index in [1.807, 2.05) is 0 Å². The van der Waals surface area contributed by atoms with E-state index in [9.17, 15) is 37.3 Å². The van der Waals surface area contributed by atoms with Crippen LogP contribution in [0.1, 0.15) is 30.2 Å². The van der Waals surface area contributed by atoms with Gasteiger partial charge in [0.1, 0.15) is 18.1 Å². The zero-order chi connectivity index (χ0) is 27.0. The molecular weight excluding hydrogens is 526 g/mol. The van der Waals surface area contributed by atoms with Gasteiger partial charge < -0.3 is 26.7 Å². The third-order valence-corrected chi connectivity index (χ3v) is 6.32. The van der Waals surface area contributed by atoms with Crippen LogP contribution in [0.5, 0.6) is 0 Å². The number of carboxylic acid groups (broad SMARTS) is 1. The molecule has 3 rings (SSSR count). The Kier molecular flexibility index (Phi) is 6.95. The number of nitrogen functional groups attached to an aromatic ring is 1. The number of amides is 3. The third kappa shape index (κ3) is 5.39. The first-order valence-corrected chi connectivity index (χ1v) is 11.9. The van der Waals surface area contributed by atoms with Gasteiger partial charge in [0.15, 0.2) is 10.8 Å². The second kappa shape index (κ2) is 9.47. The Bertz CT molecular complexity index is 1360. The van der Waals surface area contributed by atoms with E-state index in [0.717, 1.165) is 36.2 Å². The van der Waals surface area contributed by atoms with Crippen LogP contribution in [0, 0.1) is 0 Å². The molecule has 1 fully saturated rings. The molecular formula is C16H19N9O9S2. The molecule has 0 radical (unpaired) electrons. The molecule has 2 atom stereocenters. The fraction of sp³-hybridized carbons (Fsp3) is 0.375. The van der Waals surface area contributed by atoms with Gasteiger partial charge in [0, 0.05) is 5.38 Å². The van der Waals surface area contributed by atoms with Crippen molar-refractivity contribution in [1.29, 1.82) is 0 Å². The largest absolute Gasteiger partial charge is 0.478 e. The average Bonchev–Trinajstić information content (AvgIpc) is 3.40. The number of oxime groups is 1. The van der Waals surface area contributed by atoms with Crippen molar-refractivity contribution in [1.82, 2.24) is 29.4 Å².